The Morgan fingerprint density at radius 3 is 1.81 bits per heavy atom. The number of esters is 1. The molecular weight excluding hydrogens is 328 g/mol. The number of benzene rings is 2. The molecule has 6 heteroatoms. The molecule has 3 rings (SSSR count). The maximum Gasteiger partial charge on any atom is 0.322 e. The third-order valence-corrected chi connectivity index (χ3v) is 3.83. The summed E-state index contributed by atoms with van der Waals surface area (Å²) in [4.78, 5) is 12.6. The zero-order chi connectivity index (χ0) is 18.7. The van der Waals surface area contributed by atoms with E-state index in [0.717, 1.165) is 10.8 Å². The van der Waals surface area contributed by atoms with Crippen molar-refractivity contribution < 1.29 is 9.53 Å². The molecule has 0 N–H and O–H groups in total. The Labute approximate surface area is 150 Å². The van der Waals surface area contributed by atoms with E-state index in [9.17, 15) is 25.8 Å². The van der Waals surface area contributed by atoms with Gasteiger partial charge in [-0.15, -0.1) is 0 Å². The number of nitrogens with zero attached hydrogens (tertiary/aromatic N) is 4. The van der Waals surface area contributed by atoms with Crippen molar-refractivity contribution in [2.75, 3.05) is 0 Å². The van der Waals surface area contributed by atoms with Gasteiger partial charge in [0, 0.05) is 0 Å². The Morgan fingerprint density at radius 1 is 0.731 bits per heavy atom. The summed E-state index contributed by atoms with van der Waals surface area (Å²) < 4.78 is 5.29. The fourth-order valence-corrected chi connectivity index (χ4v) is 2.67. The van der Waals surface area contributed by atoms with E-state index in [2.05, 4.69) is 0 Å². The highest BCUT2D eigenvalue weighted by molar-refractivity contribution is 6.03. The molecule has 119 valence electrons. The van der Waals surface area contributed by atoms with Gasteiger partial charge in [-0.05, 0) is 22.9 Å². The van der Waals surface area contributed by atoms with Gasteiger partial charge in [0.2, 0.25) is 0 Å². The molecule has 2 aromatic carbocycles. The van der Waals surface area contributed by atoms with Crippen LogP contribution in [0.2, 0.25) is 0 Å². The summed E-state index contributed by atoms with van der Waals surface area (Å²) in [6, 6.07) is 19.3. The lowest BCUT2D eigenvalue weighted by atomic mass is 9.89. The van der Waals surface area contributed by atoms with E-state index < -0.39 is 5.97 Å². The highest BCUT2D eigenvalue weighted by atomic mass is 16.5. The Balaban J connectivity index is 1.92. The Bertz CT molecular complexity index is 997. The first kappa shape index (κ1) is 17.0. The summed E-state index contributed by atoms with van der Waals surface area (Å²) in [7, 11) is 0. The number of nitriles is 4. The van der Waals surface area contributed by atoms with Crippen LogP contribution in [0.5, 0.6) is 5.75 Å². The third-order valence-electron chi connectivity index (χ3n) is 3.83. The lowest BCUT2D eigenvalue weighted by molar-refractivity contribution is -0.131. The number of carbonyl (C=O) groups excluding carboxylic acids is 1. The highest BCUT2D eigenvalue weighted by Crippen LogP contribution is 2.52. The summed E-state index contributed by atoms with van der Waals surface area (Å²) in [6.45, 7) is 0. The van der Waals surface area contributed by atoms with Gasteiger partial charge < -0.3 is 4.74 Å². The van der Waals surface area contributed by atoms with Crippen molar-refractivity contribution in [1.82, 2.24) is 0 Å². The van der Waals surface area contributed by atoms with Gasteiger partial charge in [-0.2, -0.15) is 21.0 Å². The van der Waals surface area contributed by atoms with Gasteiger partial charge >= 0.3 is 5.97 Å². The Morgan fingerprint density at radius 2 is 1.27 bits per heavy atom. The normalized spacial score (nSPS) is 16.5. The summed E-state index contributed by atoms with van der Waals surface area (Å²) >= 11 is 0. The van der Waals surface area contributed by atoms with Gasteiger partial charge in [0.1, 0.15) is 35.3 Å². The summed E-state index contributed by atoms with van der Waals surface area (Å²) in [5, 5.41) is 38.7. The van der Waals surface area contributed by atoms with Crippen molar-refractivity contribution in [1.29, 1.82) is 21.0 Å². The minimum atomic E-state index is -0.966. The van der Waals surface area contributed by atoms with E-state index in [-0.39, 0.29) is 35.3 Å². The molecule has 1 aliphatic carbocycles. The van der Waals surface area contributed by atoms with E-state index >= 15 is 0 Å². The summed E-state index contributed by atoms with van der Waals surface area (Å²) in [6.07, 6.45) is 0. The lowest BCUT2D eigenvalue weighted by Crippen LogP contribution is -2.25. The number of carbonyl (C=O) groups is 1. The van der Waals surface area contributed by atoms with E-state index in [1.807, 2.05) is 24.3 Å². The van der Waals surface area contributed by atoms with Crippen LogP contribution in [-0.4, -0.2) is 5.97 Å². The van der Waals surface area contributed by atoms with E-state index in [1.165, 1.54) is 0 Å². The van der Waals surface area contributed by atoms with Crippen LogP contribution >= 0.6 is 0 Å². The maximum absolute atomic E-state index is 12.6. The molecule has 26 heavy (non-hydrogen) atoms. The lowest BCUT2D eigenvalue weighted by Gasteiger charge is -2.14. The molecule has 1 fully saturated rings. The monoisotopic (exact) mass is 335 g/mol. The van der Waals surface area contributed by atoms with Gasteiger partial charge in [-0.25, -0.2) is 0 Å². The van der Waals surface area contributed by atoms with Crippen LogP contribution in [0.3, 0.4) is 0 Å². The van der Waals surface area contributed by atoms with Crippen LogP contribution in [0, 0.1) is 74.9 Å². The standard InChI is InChI=1S/C20H7N4O2/c21-8-15-16(9-22)18(11-24)19(17(15)10-23)20(25)26-14-6-5-12-3-1-2-4-13(12)7-14/h1-7H. The van der Waals surface area contributed by atoms with Crippen molar-refractivity contribution in [2.24, 2.45) is 0 Å². The van der Waals surface area contributed by atoms with Gasteiger partial charge in [-0.1, -0.05) is 30.3 Å². The number of hydrogen-bond donors (Lipinski definition) is 0. The van der Waals surface area contributed by atoms with E-state index in [1.54, 1.807) is 42.5 Å². The first-order valence-electron chi connectivity index (χ1n) is 7.32. The molecule has 1 saturated carbocycles. The second kappa shape index (κ2) is 6.94. The van der Waals surface area contributed by atoms with Crippen LogP contribution in [-0.2, 0) is 4.79 Å². The molecule has 0 spiro atoms. The molecular formula is C20H7N4O2. The minimum absolute atomic E-state index is 0.222. The van der Waals surface area contributed by atoms with Crippen molar-refractivity contribution in [3.05, 3.63) is 72.1 Å². The molecule has 0 amide bonds. The quantitative estimate of drug-likeness (QED) is 0.614. The molecule has 0 unspecified atom stereocenters. The second-order valence-corrected chi connectivity index (χ2v) is 5.22. The van der Waals surface area contributed by atoms with Crippen molar-refractivity contribution in [3.8, 4) is 30.0 Å². The van der Waals surface area contributed by atoms with Crippen LogP contribution < -0.4 is 4.74 Å². The molecule has 2 aromatic rings. The zero-order valence-electron chi connectivity index (χ0n) is 13.1. The first-order valence-corrected chi connectivity index (χ1v) is 7.32. The fourth-order valence-electron chi connectivity index (χ4n) is 2.67. The molecule has 0 atom stereocenters. The second-order valence-electron chi connectivity index (χ2n) is 5.22. The molecule has 0 saturated heterocycles. The number of ether oxygens (including phenoxy) is 1. The smallest absolute Gasteiger partial charge is 0.322 e. The number of fused-ring (bicyclic) bond motifs is 1. The molecule has 1 aliphatic rings. The van der Waals surface area contributed by atoms with E-state index in [0.29, 0.717) is 0 Å². The first-order chi connectivity index (χ1) is 12.6. The van der Waals surface area contributed by atoms with Crippen LogP contribution in [0.1, 0.15) is 0 Å². The summed E-state index contributed by atoms with van der Waals surface area (Å²) in [5.74, 6) is -2.35. The van der Waals surface area contributed by atoms with Gasteiger partial charge in [0.15, 0.2) is 0 Å². The Kier molecular flexibility index (Phi) is 4.53. The van der Waals surface area contributed by atoms with Crippen LogP contribution in [0.15, 0.2) is 42.5 Å². The topological polar surface area (TPSA) is 121 Å². The van der Waals surface area contributed by atoms with Gasteiger partial charge in [0.25, 0.3) is 0 Å². The predicted molar refractivity (Wildman–Crippen MR) is 88.3 cm³/mol. The third kappa shape index (κ3) is 2.71. The van der Waals surface area contributed by atoms with Gasteiger partial charge in [0.05, 0.1) is 24.3 Å². The summed E-state index contributed by atoms with van der Waals surface area (Å²) in [5.41, 5.74) is 0. The van der Waals surface area contributed by atoms with Crippen molar-refractivity contribution in [3.63, 3.8) is 0 Å². The molecule has 5 radical (unpaired) electrons. The maximum atomic E-state index is 12.6. The molecule has 6 nitrogen and oxygen atoms in total. The number of hydrogen-bond acceptors (Lipinski definition) is 6. The predicted octanol–water partition coefficient (Wildman–Crippen LogP) is 2.73. The van der Waals surface area contributed by atoms with Gasteiger partial charge in [-0.3, -0.25) is 4.79 Å². The van der Waals surface area contributed by atoms with E-state index in [4.69, 9.17) is 4.74 Å². The highest BCUT2D eigenvalue weighted by Gasteiger charge is 2.59. The largest absolute Gasteiger partial charge is 0.426 e. The molecule has 0 heterocycles. The van der Waals surface area contributed by atoms with Crippen molar-refractivity contribution >= 4 is 16.7 Å². The Hall–Kier alpha value is -3.87. The molecule has 0 aliphatic heterocycles. The van der Waals surface area contributed by atoms with Crippen molar-refractivity contribution in [2.45, 2.75) is 0 Å². The SMILES string of the molecule is N#C[C]1[C](C#N)[C](C#N)[C](C(=O)Oc2ccc3ccccc3c2)[C]1C#N. The average molecular weight is 335 g/mol. The molecule has 0 aromatic heterocycles. The van der Waals surface area contributed by atoms with Crippen LogP contribution in [0.4, 0.5) is 0 Å². The average Bonchev–Trinajstić information content (AvgIpc) is 3.00. The zero-order valence-corrected chi connectivity index (χ0v) is 13.1. The number of rotatable bonds is 2. The molecule has 0 bridgehead atoms. The van der Waals surface area contributed by atoms with Crippen LogP contribution in [0.25, 0.3) is 10.8 Å². The minimum Gasteiger partial charge on any atom is -0.426 e. The fraction of sp³-hybridized carbons (Fsp3) is 0.